The van der Waals surface area contributed by atoms with Crippen molar-refractivity contribution in [2.45, 2.75) is 32.7 Å². The van der Waals surface area contributed by atoms with Crippen LogP contribution in [0.25, 0.3) is 10.2 Å². The van der Waals surface area contributed by atoms with E-state index in [1.165, 1.54) is 37.1 Å². The zero-order valence-electron chi connectivity index (χ0n) is 16.3. The number of aryl methyl sites for hydroxylation is 1. The zero-order valence-corrected chi connectivity index (χ0v) is 18.0. The Bertz CT molecular complexity index is 920. The lowest BCUT2D eigenvalue weighted by atomic mass is 10.1. The van der Waals surface area contributed by atoms with Gasteiger partial charge in [-0.1, -0.05) is 44.0 Å². The number of hydrogen-bond donors (Lipinski definition) is 2. The monoisotopic (exact) mass is 413 g/mol. The molecule has 0 atom stereocenters. The fourth-order valence-electron chi connectivity index (χ4n) is 3.73. The summed E-state index contributed by atoms with van der Waals surface area (Å²) in [5.74, 6) is 1.56. The van der Waals surface area contributed by atoms with Gasteiger partial charge in [0.2, 0.25) is 5.95 Å². The second kappa shape index (κ2) is 9.11. The maximum atomic E-state index is 4.81. The molecule has 3 heterocycles. The fraction of sp³-hybridized carbons (Fsp3) is 0.429. The van der Waals surface area contributed by atoms with Crippen molar-refractivity contribution in [3.05, 3.63) is 46.8 Å². The first-order chi connectivity index (χ1) is 13.7. The molecule has 1 aliphatic rings. The van der Waals surface area contributed by atoms with Gasteiger partial charge in [0.15, 0.2) is 5.82 Å². The highest BCUT2D eigenvalue weighted by atomic mass is 32.1. The van der Waals surface area contributed by atoms with E-state index in [0.717, 1.165) is 35.5 Å². The number of aromatic nitrogens is 2. The minimum atomic E-state index is 0.683. The lowest BCUT2D eigenvalue weighted by Gasteiger charge is -2.20. The van der Waals surface area contributed by atoms with E-state index < -0.39 is 0 Å². The summed E-state index contributed by atoms with van der Waals surface area (Å²) in [6.07, 6.45) is 3.64. The predicted octanol–water partition coefficient (Wildman–Crippen LogP) is 4.61. The van der Waals surface area contributed by atoms with Crippen molar-refractivity contribution in [2.24, 2.45) is 0 Å². The van der Waals surface area contributed by atoms with Gasteiger partial charge in [0, 0.05) is 13.1 Å². The Morgan fingerprint density at radius 2 is 1.93 bits per heavy atom. The summed E-state index contributed by atoms with van der Waals surface area (Å²) in [6, 6.07) is 10.6. The summed E-state index contributed by atoms with van der Waals surface area (Å²) in [4.78, 5) is 12.0. The van der Waals surface area contributed by atoms with Gasteiger partial charge in [-0.2, -0.15) is 4.98 Å². The van der Waals surface area contributed by atoms with Gasteiger partial charge >= 0.3 is 0 Å². The van der Waals surface area contributed by atoms with E-state index in [1.807, 2.05) is 4.31 Å². The average Bonchev–Trinajstić information content (AvgIpc) is 3.39. The van der Waals surface area contributed by atoms with E-state index in [2.05, 4.69) is 52.9 Å². The Morgan fingerprint density at radius 1 is 1.14 bits per heavy atom. The smallest absolute Gasteiger partial charge is 0.225 e. The van der Waals surface area contributed by atoms with Crippen molar-refractivity contribution in [2.75, 3.05) is 35.8 Å². The number of thiol groups is 1. The van der Waals surface area contributed by atoms with Crippen LogP contribution in [0.4, 0.5) is 11.8 Å². The fourth-order valence-corrected chi connectivity index (χ4v) is 4.92. The molecule has 0 saturated carbocycles. The summed E-state index contributed by atoms with van der Waals surface area (Å²) in [5, 5.41) is 5.48. The summed E-state index contributed by atoms with van der Waals surface area (Å²) in [7, 11) is 0. The molecule has 1 N–H and O–H groups in total. The van der Waals surface area contributed by atoms with Gasteiger partial charge in [-0.25, -0.2) is 4.98 Å². The Balaban J connectivity index is 1.52. The van der Waals surface area contributed by atoms with E-state index in [1.54, 1.807) is 11.3 Å². The molecule has 0 amide bonds. The second-order valence-electron chi connectivity index (χ2n) is 7.16. The summed E-state index contributed by atoms with van der Waals surface area (Å²) in [6.45, 7) is 7.21. The van der Waals surface area contributed by atoms with E-state index in [4.69, 9.17) is 22.8 Å². The number of thiophene rings is 1. The summed E-state index contributed by atoms with van der Waals surface area (Å²) >= 11 is 6.46. The van der Waals surface area contributed by atoms with Crippen LogP contribution in [0.1, 0.15) is 30.9 Å². The molecule has 0 radical (unpaired) electrons. The van der Waals surface area contributed by atoms with Crippen molar-refractivity contribution >= 4 is 46.1 Å². The van der Waals surface area contributed by atoms with Crippen LogP contribution in [0, 0.1) is 0 Å². The van der Waals surface area contributed by atoms with Gasteiger partial charge in [0.05, 0.1) is 16.8 Å². The Labute approximate surface area is 176 Å². The number of nitrogens with one attached hydrogen (secondary N) is 1. The Morgan fingerprint density at radius 3 is 2.71 bits per heavy atom. The Kier molecular flexibility index (Phi) is 6.34. The molecule has 0 bridgehead atoms. The van der Waals surface area contributed by atoms with Gasteiger partial charge in [0.25, 0.3) is 0 Å². The molecule has 148 valence electrons. The van der Waals surface area contributed by atoms with Crippen LogP contribution in [0.2, 0.25) is 0 Å². The Hall–Kier alpha value is -1.83. The van der Waals surface area contributed by atoms with E-state index in [9.17, 15) is 0 Å². The van der Waals surface area contributed by atoms with Crippen molar-refractivity contribution in [3.63, 3.8) is 0 Å². The lowest BCUT2D eigenvalue weighted by molar-refractivity contribution is 0.352. The maximum Gasteiger partial charge on any atom is 0.225 e. The highest BCUT2D eigenvalue weighted by Crippen LogP contribution is 2.32. The molecular formula is C21H27N5S2. The molecule has 2 aromatic heterocycles. The molecule has 1 saturated heterocycles. The van der Waals surface area contributed by atoms with Gasteiger partial charge in [-0.3, -0.25) is 4.31 Å². The first-order valence-electron chi connectivity index (χ1n) is 9.99. The van der Waals surface area contributed by atoms with Crippen molar-refractivity contribution in [1.29, 1.82) is 0 Å². The predicted molar refractivity (Wildman–Crippen MR) is 123 cm³/mol. The molecule has 5 nitrogen and oxygen atoms in total. The van der Waals surface area contributed by atoms with Gasteiger partial charge in [0.1, 0.15) is 0 Å². The van der Waals surface area contributed by atoms with Crippen LogP contribution in [0.15, 0.2) is 35.7 Å². The first kappa shape index (κ1) is 19.5. The molecule has 3 aromatic rings. The number of likely N-dealkylation sites (tertiary alicyclic amines) is 1. The number of nitrogens with zero attached hydrogens (tertiary/aromatic N) is 4. The van der Waals surface area contributed by atoms with Crippen molar-refractivity contribution < 1.29 is 0 Å². The van der Waals surface area contributed by atoms with Crippen LogP contribution >= 0.6 is 24.2 Å². The largest absolute Gasteiger partial charge is 0.353 e. The number of fused-ring (bicyclic) bond motifs is 1. The molecule has 1 fully saturated rings. The summed E-state index contributed by atoms with van der Waals surface area (Å²) < 4.78 is 3.02. The zero-order chi connectivity index (χ0) is 19.3. The second-order valence-corrected chi connectivity index (χ2v) is 8.56. The van der Waals surface area contributed by atoms with E-state index >= 15 is 0 Å². The summed E-state index contributed by atoms with van der Waals surface area (Å²) in [5.41, 5.74) is 3.61. The third-order valence-corrected chi connectivity index (χ3v) is 6.49. The van der Waals surface area contributed by atoms with E-state index in [0.29, 0.717) is 12.5 Å². The standard InChI is InChI=1S/C21H27N5S2/c1-2-16-7-3-4-8-17(16)15-26(27)20-19-18(9-14-28-19)23-21(24-20)22-10-13-25-11-5-6-12-25/h3-4,7-9,14,27H,2,5-6,10-13,15H2,1H3,(H,22,23,24). The number of hydrogen-bond acceptors (Lipinski definition) is 7. The van der Waals surface area contributed by atoms with Gasteiger partial charge < -0.3 is 10.2 Å². The molecule has 4 rings (SSSR count). The third-order valence-electron chi connectivity index (χ3n) is 5.26. The molecular weight excluding hydrogens is 386 g/mol. The molecule has 1 aromatic carbocycles. The highest BCUT2D eigenvalue weighted by molar-refractivity contribution is 7.81. The minimum Gasteiger partial charge on any atom is -0.353 e. The number of rotatable bonds is 8. The third kappa shape index (κ3) is 4.42. The first-order valence-corrected chi connectivity index (χ1v) is 11.3. The topological polar surface area (TPSA) is 44.3 Å². The van der Waals surface area contributed by atoms with E-state index in [-0.39, 0.29) is 0 Å². The van der Waals surface area contributed by atoms with Crippen LogP contribution in [0.5, 0.6) is 0 Å². The van der Waals surface area contributed by atoms with Crippen LogP contribution in [0.3, 0.4) is 0 Å². The lowest BCUT2D eigenvalue weighted by Crippen LogP contribution is -2.26. The number of anilines is 2. The van der Waals surface area contributed by atoms with Crippen LogP contribution in [-0.4, -0.2) is 41.0 Å². The molecule has 0 unspecified atom stereocenters. The number of benzene rings is 1. The SMILES string of the molecule is CCc1ccccc1CN(S)c1nc(NCCN2CCCC2)nc2ccsc12. The van der Waals surface area contributed by atoms with Gasteiger partial charge in [-0.15, -0.1) is 11.3 Å². The minimum absolute atomic E-state index is 0.683. The molecule has 0 aliphatic carbocycles. The van der Waals surface area contributed by atoms with Crippen molar-refractivity contribution in [1.82, 2.24) is 14.9 Å². The van der Waals surface area contributed by atoms with Crippen LogP contribution < -0.4 is 9.62 Å². The molecule has 7 heteroatoms. The normalized spacial score (nSPS) is 14.6. The quantitative estimate of drug-likeness (QED) is 0.528. The van der Waals surface area contributed by atoms with Gasteiger partial charge in [-0.05, 0) is 54.9 Å². The molecule has 0 spiro atoms. The molecule has 28 heavy (non-hydrogen) atoms. The average molecular weight is 414 g/mol. The maximum absolute atomic E-state index is 4.81. The van der Waals surface area contributed by atoms with Crippen LogP contribution in [-0.2, 0) is 13.0 Å². The van der Waals surface area contributed by atoms with Crippen molar-refractivity contribution in [3.8, 4) is 0 Å². The highest BCUT2D eigenvalue weighted by Gasteiger charge is 2.16. The molecule has 1 aliphatic heterocycles.